The van der Waals surface area contributed by atoms with Gasteiger partial charge in [-0.05, 0) is 85.8 Å². The summed E-state index contributed by atoms with van der Waals surface area (Å²) in [5.74, 6) is 3.66. The largest absolute Gasteiger partial charge is 0.496 e. The zero-order chi connectivity index (χ0) is 42.9. The second-order valence-corrected chi connectivity index (χ2v) is 18.3. The number of nitrogens with zero attached hydrogens (tertiary/aromatic N) is 3. The van der Waals surface area contributed by atoms with Crippen molar-refractivity contribution in [2.75, 3.05) is 69.3 Å². The van der Waals surface area contributed by atoms with E-state index in [4.69, 9.17) is 20.6 Å². The molecule has 2 atom stereocenters. The molecule has 2 saturated heterocycles. The quantitative estimate of drug-likeness (QED) is 0.124. The Labute approximate surface area is 355 Å². The van der Waals surface area contributed by atoms with Gasteiger partial charge in [-0.3, -0.25) is 24.1 Å². The van der Waals surface area contributed by atoms with Crippen LogP contribution in [0.4, 0.5) is 11.4 Å². The summed E-state index contributed by atoms with van der Waals surface area (Å²) in [5, 5.41) is 2.79. The zero-order valence-corrected chi connectivity index (χ0v) is 36.3. The maximum Gasteiger partial charge on any atom is 0.255 e. The number of anilines is 2. The zero-order valence-electron chi connectivity index (χ0n) is 36.3. The average Bonchev–Trinajstić information content (AvgIpc) is 3.22. The van der Waals surface area contributed by atoms with E-state index in [0.29, 0.717) is 37.2 Å². The number of amides is 1. The predicted molar refractivity (Wildman–Crippen MR) is 233 cm³/mol. The van der Waals surface area contributed by atoms with Crippen molar-refractivity contribution in [3.8, 4) is 23.8 Å². The van der Waals surface area contributed by atoms with Gasteiger partial charge in [-0.1, -0.05) is 33.6 Å². The van der Waals surface area contributed by atoms with Crippen LogP contribution in [0.1, 0.15) is 90.8 Å². The van der Waals surface area contributed by atoms with Gasteiger partial charge in [-0.2, -0.15) is 0 Å². The molecule has 318 valence electrons. The lowest BCUT2D eigenvalue weighted by Gasteiger charge is -2.63. The number of nitrogens with one attached hydrogen (secondary N) is 1. The van der Waals surface area contributed by atoms with Crippen molar-refractivity contribution in [2.24, 2.45) is 16.7 Å². The van der Waals surface area contributed by atoms with Crippen LogP contribution in [0.15, 0.2) is 54.6 Å². The number of Topliss-reactive ketones (excluding diaryl/α,β-unsaturated/α-hetero) is 3. The number of morpholine rings is 1. The molecule has 1 unspecified atom stereocenters. The van der Waals surface area contributed by atoms with E-state index in [9.17, 15) is 19.2 Å². The van der Waals surface area contributed by atoms with E-state index < -0.39 is 6.04 Å². The number of hydrogen-bond acceptors (Lipinski definition) is 10. The van der Waals surface area contributed by atoms with Crippen molar-refractivity contribution < 1.29 is 33.4 Å². The predicted octanol–water partition coefficient (Wildman–Crippen LogP) is 6.44. The summed E-state index contributed by atoms with van der Waals surface area (Å²) in [6.07, 6.45) is 6.70. The molecule has 60 heavy (non-hydrogen) atoms. The molecule has 3 aromatic rings. The van der Waals surface area contributed by atoms with E-state index in [0.717, 1.165) is 85.2 Å². The topological polar surface area (TPSA) is 118 Å². The summed E-state index contributed by atoms with van der Waals surface area (Å²) in [4.78, 5) is 57.8. The first-order chi connectivity index (χ1) is 28.6. The van der Waals surface area contributed by atoms with Crippen LogP contribution >= 0.6 is 0 Å². The molecular formula is C49H60N4O7. The Bertz CT molecular complexity index is 2130. The fourth-order valence-corrected chi connectivity index (χ4v) is 10.4. The molecule has 0 bridgehead atoms. The van der Waals surface area contributed by atoms with Crippen molar-refractivity contribution in [1.82, 2.24) is 10.2 Å². The number of carbonyl (C=O) groups excluding carboxylic acids is 4. The number of rotatable bonds is 12. The van der Waals surface area contributed by atoms with E-state index in [1.54, 1.807) is 6.07 Å². The molecule has 0 aromatic heterocycles. The van der Waals surface area contributed by atoms with Crippen LogP contribution in [0.5, 0.6) is 11.5 Å². The lowest BCUT2D eigenvalue weighted by atomic mass is 9.44. The van der Waals surface area contributed by atoms with Gasteiger partial charge in [-0.25, -0.2) is 0 Å². The van der Waals surface area contributed by atoms with Gasteiger partial charge in [0.1, 0.15) is 23.4 Å². The maximum absolute atomic E-state index is 13.7. The number of carbonyl (C=O) groups is 4. The van der Waals surface area contributed by atoms with Gasteiger partial charge in [0, 0.05) is 98.1 Å². The number of methoxy groups -OCH3 is 1. The molecule has 1 amide bonds. The second kappa shape index (κ2) is 17.4. The molecule has 1 N–H and O–H groups in total. The van der Waals surface area contributed by atoms with Gasteiger partial charge in [0.25, 0.3) is 5.91 Å². The minimum absolute atomic E-state index is 0.0425. The molecule has 0 spiro atoms. The van der Waals surface area contributed by atoms with E-state index in [2.05, 4.69) is 65.8 Å². The highest BCUT2D eigenvalue weighted by Crippen LogP contribution is 2.61. The molecule has 2 aliphatic carbocycles. The summed E-state index contributed by atoms with van der Waals surface area (Å²) in [5.41, 5.74) is 5.75. The Hall–Kier alpha value is -5.18. The minimum Gasteiger partial charge on any atom is -0.496 e. The number of hydrogen-bond donors (Lipinski definition) is 1. The normalized spacial score (nSPS) is 24.0. The number of piperazine rings is 1. The molecule has 3 aromatic carbocycles. The van der Waals surface area contributed by atoms with Crippen molar-refractivity contribution in [1.29, 1.82) is 0 Å². The van der Waals surface area contributed by atoms with Crippen molar-refractivity contribution >= 4 is 34.6 Å². The fraction of sp³-hybridized carbons (Fsp3) is 0.510. The third-order valence-corrected chi connectivity index (χ3v) is 13.5. The number of terminal acetylenes is 1. The summed E-state index contributed by atoms with van der Waals surface area (Å²) >= 11 is 0. The molecule has 11 nitrogen and oxygen atoms in total. The maximum atomic E-state index is 13.7. The van der Waals surface area contributed by atoms with E-state index >= 15 is 0 Å². The number of aryl methyl sites for hydroxylation is 2. The summed E-state index contributed by atoms with van der Waals surface area (Å²) in [6.45, 7) is 19.3. The third-order valence-electron chi connectivity index (χ3n) is 13.5. The number of benzene rings is 3. The first kappa shape index (κ1) is 42.9. The van der Waals surface area contributed by atoms with E-state index in [1.807, 2.05) is 50.2 Å². The Morgan fingerprint density at radius 2 is 1.57 bits per heavy atom. The van der Waals surface area contributed by atoms with Crippen LogP contribution in [0.3, 0.4) is 0 Å². The van der Waals surface area contributed by atoms with Crippen LogP contribution < -0.4 is 24.6 Å². The molecule has 0 radical (unpaired) electrons. The van der Waals surface area contributed by atoms with Crippen LogP contribution in [-0.2, 0) is 14.3 Å². The molecule has 4 aliphatic rings. The summed E-state index contributed by atoms with van der Waals surface area (Å²) < 4.78 is 18.5. The van der Waals surface area contributed by atoms with Gasteiger partial charge in [-0.15, -0.1) is 6.42 Å². The standard InChI is InChI=1S/C49H60N4O7/c1-9-39-31(2)24-37(25-32(39)3)60-47-48(4,5)45(49(47,6)7)28-42(55)33-10-12-34(13-11-33)53-22-23-59-38(30-53)29-51-18-20-52(21-19-51)35-14-16-40(44(26-35)58-8)46(57)50-41-17-15-36(54)27-43(41)56/h1,10-14,16,24-26,38,41,45,47H,15,17-23,27-30H2,2-8H3,(H,50,57)/t38-,41?,45?,47?/m0/s1. The van der Waals surface area contributed by atoms with E-state index in [1.165, 1.54) is 7.11 Å². The highest BCUT2D eigenvalue weighted by Gasteiger charge is 2.63. The van der Waals surface area contributed by atoms with Crippen molar-refractivity contribution in [2.45, 2.75) is 85.5 Å². The van der Waals surface area contributed by atoms with Crippen molar-refractivity contribution in [3.05, 3.63) is 82.4 Å². The molecule has 7 rings (SSSR count). The minimum atomic E-state index is -0.650. The highest BCUT2D eigenvalue weighted by atomic mass is 16.5. The number of ether oxygens (including phenoxy) is 3. The van der Waals surface area contributed by atoms with Gasteiger partial charge in [0.2, 0.25) is 0 Å². The van der Waals surface area contributed by atoms with Crippen LogP contribution in [-0.4, -0.2) is 106 Å². The number of ketones is 3. The SMILES string of the molecule is C#Cc1c(C)cc(OC2C(C)(C)C(CC(=O)c3ccc(N4CCO[C@@H](CN5CCN(c6ccc(C(=O)NC7CCC(=O)CC7=O)c(OC)c6)CC5)C4)cc3)C2(C)C)cc1C. The van der Waals surface area contributed by atoms with Crippen molar-refractivity contribution in [3.63, 3.8) is 0 Å². The monoisotopic (exact) mass is 816 g/mol. The Balaban J connectivity index is 0.887. The molecular weight excluding hydrogens is 757 g/mol. The lowest BCUT2D eigenvalue weighted by Crippen LogP contribution is -2.66. The second-order valence-electron chi connectivity index (χ2n) is 18.3. The summed E-state index contributed by atoms with van der Waals surface area (Å²) in [7, 11) is 1.54. The lowest BCUT2D eigenvalue weighted by molar-refractivity contribution is -0.196. The molecule has 11 heteroatoms. The summed E-state index contributed by atoms with van der Waals surface area (Å²) in [6, 6.07) is 17.0. The van der Waals surface area contributed by atoms with E-state index in [-0.39, 0.29) is 58.6 Å². The third kappa shape index (κ3) is 8.82. The molecule has 2 saturated carbocycles. The van der Waals surface area contributed by atoms with Gasteiger partial charge in [0.05, 0.1) is 37.8 Å². The van der Waals surface area contributed by atoms with Gasteiger partial charge >= 0.3 is 0 Å². The van der Waals surface area contributed by atoms with Gasteiger partial charge < -0.3 is 29.3 Å². The van der Waals surface area contributed by atoms with Crippen LogP contribution in [0, 0.1) is 42.9 Å². The first-order valence-corrected chi connectivity index (χ1v) is 21.3. The fourth-order valence-electron chi connectivity index (χ4n) is 10.4. The van der Waals surface area contributed by atoms with Crippen LogP contribution in [0.2, 0.25) is 0 Å². The molecule has 2 heterocycles. The van der Waals surface area contributed by atoms with Crippen LogP contribution in [0.25, 0.3) is 0 Å². The highest BCUT2D eigenvalue weighted by molar-refractivity contribution is 6.07. The molecule has 4 fully saturated rings. The Morgan fingerprint density at radius 1 is 0.900 bits per heavy atom. The average molecular weight is 817 g/mol. The smallest absolute Gasteiger partial charge is 0.255 e. The Morgan fingerprint density at radius 3 is 2.20 bits per heavy atom. The first-order valence-electron chi connectivity index (χ1n) is 21.3. The molecule has 2 aliphatic heterocycles. The van der Waals surface area contributed by atoms with Gasteiger partial charge in [0.15, 0.2) is 11.6 Å². The Kier molecular flexibility index (Phi) is 12.5.